The lowest BCUT2D eigenvalue weighted by Crippen LogP contribution is -2.12. The van der Waals surface area contributed by atoms with E-state index in [2.05, 4.69) is 248 Å². The number of anilines is 3. The Morgan fingerprint density at radius 2 is 0.726 bits per heavy atom. The highest BCUT2D eigenvalue weighted by Gasteiger charge is 2.22. The van der Waals surface area contributed by atoms with E-state index < -0.39 is 0 Å². The average molecular weight is 792 g/mol. The van der Waals surface area contributed by atoms with Crippen LogP contribution in [0.5, 0.6) is 0 Å². The lowest BCUT2D eigenvalue weighted by molar-refractivity contribution is 0.670. The van der Waals surface area contributed by atoms with Gasteiger partial charge in [-0.3, -0.25) is 0 Å². The van der Waals surface area contributed by atoms with Gasteiger partial charge >= 0.3 is 0 Å². The number of fused-ring (bicyclic) bond motifs is 3. The Balaban J connectivity index is 1.08. The number of para-hydroxylation sites is 3. The third kappa shape index (κ3) is 6.84. The van der Waals surface area contributed by atoms with Crippen LogP contribution in [-0.4, -0.2) is 0 Å². The second kappa shape index (κ2) is 16.1. The van der Waals surface area contributed by atoms with E-state index in [0.29, 0.717) is 0 Å². The molecule has 0 aliphatic rings. The number of rotatable bonds is 9. The monoisotopic (exact) mass is 791 g/mol. The van der Waals surface area contributed by atoms with Crippen LogP contribution in [0.25, 0.3) is 88.7 Å². The molecule has 0 atom stereocenters. The van der Waals surface area contributed by atoms with E-state index in [1.165, 1.54) is 11.1 Å². The van der Waals surface area contributed by atoms with E-state index >= 15 is 0 Å². The van der Waals surface area contributed by atoms with Gasteiger partial charge in [0.15, 0.2) is 0 Å². The minimum absolute atomic E-state index is 0.895. The lowest BCUT2D eigenvalue weighted by atomic mass is 9.90. The first-order chi connectivity index (χ1) is 30.8. The summed E-state index contributed by atoms with van der Waals surface area (Å²) in [5, 5.41) is 2.25. The third-order valence-corrected chi connectivity index (χ3v) is 11.9. The Hall–Kier alpha value is -8.20. The summed E-state index contributed by atoms with van der Waals surface area (Å²) >= 11 is 0. The smallest absolute Gasteiger partial charge is 0.143 e. The van der Waals surface area contributed by atoms with Gasteiger partial charge in [0.25, 0.3) is 0 Å². The first kappa shape index (κ1) is 36.8. The van der Waals surface area contributed by atoms with Gasteiger partial charge in [-0.25, -0.2) is 0 Å². The maximum absolute atomic E-state index is 6.61. The number of furan rings is 1. The van der Waals surface area contributed by atoms with Crippen LogP contribution in [0.3, 0.4) is 0 Å². The summed E-state index contributed by atoms with van der Waals surface area (Å²) in [4.78, 5) is 2.43. The van der Waals surface area contributed by atoms with E-state index in [-0.39, 0.29) is 0 Å². The maximum atomic E-state index is 6.61. The molecule has 0 bridgehead atoms. The molecule has 0 N–H and O–H groups in total. The summed E-state index contributed by atoms with van der Waals surface area (Å²) < 4.78 is 6.61. The van der Waals surface area contributed by atoms with Crippen LogP contribution >= 0.6 is 0 Å². The van der Waals surface area contributed by atoms with E-state index in [9.17, 15) is 0 Å². The van der Waals surface area contributed by atoms with Crippen molar-refractivity contribution in [3.8, 4) is 66.8 Å². The molecule has 2 nitrogen and oxygen atoms in total. The highest BCUT2D eigenvalue weighted by atomic mass is 16.3. The summed E-state index contributed by atoms with van der Waals surface area (Å²) in [6.07, 6.45) is 0. The number of nitrogens with zero attached hydrogens (tertiary/aromatic N) is 1. The Morgan fingerprint density at radius 1 is 0.258 bits per heavy atom. The molecule has 0 amide bonds. The van der Waals surface area contributed by atoms with Gasteiger partial charge in [-0.05, 0) is 92.5 Å². The quantitative estimate of drug-likeness (QED) is 0.145. The fourth-order valence-electron chi connectivity index (χ4n) is 8.91. The van der Waals surface area contributed by atoms with E-state index in [0.717, 1.165) is 94.6 Å². The second-order valence-corrected chi connectivity index (χ2v) is 15.6. The lowest BCUT2D eigenvalue weighted by Gasteiger charge is -2.30. The molecular formula is C60H41NO. The van der Waals surface area contributed by atoms with Crippen molar-refractivity contribution in [3.05, 3.63) is 249 Å². The van der Waals surface area contributed by atoms with Crippen LogP contribution in [0.15, 0.2) is 253 Å². The summed E-state index contributed by atoms with van der Waals surface area (Å²) in [5.74, 6) is 0. The van der Waals surface area contributed by atoms with Crippen LogP contribution in [0.2, 0.25) is 0 Å². The van der Waals surface area contributed by atoms with Gasteiger partial charge in [0.05, 0.1) is 11.4 Å². The predicted octanol–water partition coefficient (Wildman–Crippen LogP) is 17.1. The summed E-state index contributed by atoms with van der Waals surface area (Å²) in [7, 11) is 0. The molecular weight excluding hydrogens is 751 g/mol. The SMILES string of the molecule is c1ccc(-c2ccc(N(c3ccc(-c4ccc(-c5ccccc5)c(-c5cccc6c5oc5ccccc56)c4)cc3)c3ccccc3-c3ccccc3)c(-c3ccccc3)c2)cc1. The van der Waals surface area contributed by atoms with Gasteiger partial charge < -0.3 is 9.32 Å². The fourth-order valence-corrected chi connectivity index (χ4v) is 8.91. The molecule has 0 saturated heterocycles. The Bertz CT molecular complexity index is 3320. The summed E-state index contributed by atoms with van der Waals surface area (Å²) in [5.41, 5.74) is 18.8. The van der Waals surface area contributed by atoms with Crippen molar-refractivity contribution in [1.82, 2.24) is 0 Å². The van der Waals surface area contributed by atoms with Gasteiger partial charge in [0, 0.05) is 33.2 Å². The molecule has 1 heterocycles. The molecule has 10 aromatic carbocycles. The highest BCUT2D eigenvalue weighted by molar-refractivity contribution is 6.11. The van der Waals surface area contributed by atoms with Gasteiger partial charge in [-0.15, -0.1) is 0 Å². The minimum Gasteiger partial charge on any atom is -0.455 e. The standard InChI is InChI=1S/C60H41NO/c1-5-18-42(19-6-1)48-35-39-58(55(40-48)46-24-11-4-12-25-46)61(57-30-15-13-26-51(57)45-22-9-3-10-23-45)49-36-32-43(33-37-49)47-34-38-50(44-20-7-2-8-21-44)56(41-47)54-29-17-28-53-52-27-14-16-31-59(52)62-60(53)54/h1-41H. The molecule has 292 valence electrons. The van der Waals surface area contributed by atoms with Crippen LogP contribution in [0.1, 0.15) is 0 Å². The normalized spacial score (nSPS) is 11.2. The van der Waals surface area contributed by atoms with Gasteiger partial charge in [0.1, 0.15) is 11.2 Å². The van der Waals surface area contributed by atoms with Crippen molar-refractivity contribution in [3.63, 3.8) is 0 Å². The second-order valence-electron chi connectivity index (χ2n) is 15.6. The average Bonchev–Trinajstić information content (AvgIpc) is 3.75. The molecule has 0 aliphatic carbocycles. The number of hydrogen-bond acceptors (Lipinski definition) is 2. The van der Waals surface area contributed by atoms with Gasteiger partial charge in [-0.2, -0.15) is 0 Å². The van der Waals surface area contributed by atoms with Gasteiger partial charge in [-0.1, -0.05) is 206 Å². The largest absolute Gasteiger partial charge is 0.455 e. The van der Waals surface area contributed by atoms with Crippen LogP contribution < -0.4 is 4.90 Å². The van der Waals surface area contributed by atoms with Crippen LogP contribution in [0.4, 0.5) is 17.1 Å². The van der Waals surface area contributed by atoms with Crippen molar-refractivity contribution in [2.75, 3.05) is 4.90 Å². The summed E-state index contributed by atoms with van der Waals surface area (Å²) in [6, 6.07) is 89.0. The molecule has 11 aromatic rings. The Morgan fingerprint density at radius 3 is 1.42 bits per heavy atom. The summed E-state index contributed by atoms with van der Waals surface area (Å²) in [6.45, 7) is 0. The molecule has 0 unspecified atom stereocenters. The molecule has 0 aliphatic heterocycles. The highest BCUT2D eigenvalue weighted by Crippen LogP contribution is 2.47. The first-order valence-electron chi connectivity index (χ1n) is 21.2. The van der Waals surface area contributed by atoms with Crippen molar-refractivity contribution in [2.24, 2.45) is 0 Å². The van der Waals surface area contributed by atoms with E-state index in [1.807, 2.05) is 6.07 Å². The zero-order chi connectivity index (χ0) is 41.2. The van der Waals surface area contributed by atoms with E-state index in [4.69, 9.17) is 4.42 Å². The van der Waals surface area contributed by atoms with Crippen LogP contribution in [0, 0.1) is 0 Å². The minimum atomic E-state index is 0.895. The van der Waals surface area contributed by atoms with Crippen molar-refractivity contribution < 1.29 is 4.42 Å². The molecule has 2 heteroatoms. The molecule has 0 saturated carbocycles. The zero-order valence-corrected chi connectivity index (χ0v) is 34.0. The fraction of sp³-hybridized carbons (Fsp3) is 0. The zero-order valence-electron chi connectivity index (χ0n) is 34.0. The molecule has 0 fully saturated rings. The van der Waals surface area contributed by atoms with E-state index in [1.54, 1.807) is 0 Å². The Kier molecular flexibility index (Phi) is 9.57. The topological polar surface area (TPSA) is 16.4 Å². The van der Waals surface area contributed by atoms with Crippen molar-refractivity contribution in [1.29, 1.82) is 0 Å². The maximum Gasteiger partial charge on any atom is 0.143 e. The Labute approximate surface area is 362 Å². The first-order valence-corrected chi connectivity index (χ1v) is 21.2. The van der Waals surface area contributed by atoms with Crippen molar-refractivity contribution in [2.45, 2.75) is 0 Å². The predicted molar refractivity (Wildman–Crippen MR) is 261 cm³/mol. The molecule has 1 aromatic heterocycles. The molecule has 11 rings (SSSR count). The van der Waals surface area contributed by atoms with Gasteiger partial charge in [0.2, 0.25) is 0 Å². The molecule has 0 spiro atoms. The molecule has 0 radical (unpaired) electrons. The molecule has 62 heavy (non-hydrogen) atoms. The third-order valence-electron chi connectivity index (χ3n) is 11.9. The van der Waals surface area contributed by atoms with Crippen LogP contribution in [-0.2, 0) is 0 Å². The van der Waals surface area contributed by atoms with Crippen molar-refractivity contribution >= 4 is 39.0 Å². The number of hydrogen-bond donors (Lipinski definition) is 0. The number of benzene rings is 10.